The number of ketones is 1. The summed E-state index contributed by atoms with van der Waals surface area (Å²) in [7, 11) is 0. The summed E-state index contributed by atoms with van der Waals surface area (Å²) in [5.41, 5.74) is 1.31. The number of likely N-dealkylation sites (tertiary alicyclic amines) is 1. The van der Waals surface area contributed by atoms with E-state index < -0.39 is 17.7 Å². The summed E-state index contributed by atoms with van der Waals surface area (Å²) in [4.78, 5) is 27.2. The van der Waals surface area contributed by atoms with Gasteiger partial charge < -0.3 is 14.7 Å². The first-order valence-corrected chi connectivity index (χ1v) is 9.65. The highest BCUT2D eigenvalue weighted by Crippen LogP contribution is 2.40. The molecule has 2 heterocycles. The van der Waals surface area contributed by atoms with Crippen LogP contribution in [0.15, 0.2) is 60.2 Å². The zero-order chi connectivity index (χ0) is 19.7. The maximum Gasteiger partial charge on any atom is 0.295 e. The molecular formula is C22H20ClNO4. The number of aliphatic hydroxyl groups is 1. The Kier molecular flexibility index (Phi) is 5.20. The van der Waals surface area contributed by atoms with E-state index in [1.165, 1.54) is 4.90 Å². The molecule has 0 aliphatic carbocycles. The van der Waals surface area contributed by atoms with E-state index in [0.29, 0.717) is 23.7 Å². The van der Waals surface area contributed by atoms with Gasteiger partial charge in [-0.05, 0) is 30.5 Å². The molecule has 144 valence electrons. The third kappa shape index (κ3) is 3.43. The first-order chi connectivity index (χ1) is 13.6. The molecule has 0 saturated carbocycles. The Balaban J connectivity index is 1.81. The number of nitrogens with zero attached hydrogens (tertiary/aromatic N) is 1. The fourth-order valence-electron chi connectivity index (χ4n) is 3.82. The molecule has 0 spiro atoms. The predicted octanol–water partition coefficient (Wildman–Crippen LogP) is 3.94. The van der Waals surface area contributed by atoms with Gasteiger partial charge in [-0.15, -0.1) is 0 Å². The molecule has 2 unspecified atom stereocenters. The van der Waals surface area contributed by atoms with Crippen molar-refractivity contribution in [3.8, 4) is 0 Å². The van der Waals surface area contributed by atoms with E-state index in [4.69, 9.17) is 16.3 Å². The van der Waals surface area contributed by atoms with E-state index >= 15 is 0 Å². The van der Waals surface area contributed by atoms with E-state index in [9.17, 15) is 14.7 Å². The Bertz CT molecular complexity index is 917. The molecule has 28 heavy (non-hydrogen) atoms. The van der Waals surface area contributed by atoms with Crippen LogP contribution in [0.1, 0.15) is 30.0 Å². The smallest absolute Gasteiger partial charge is 0.295 e. The van der Waals surface area contributed by atoms with Gasteiger partial charge in [0.25, 0.3) is 11.7 Å². The molecular weight excluding hydrogens is 378 g/mol. The molecule has 0 radical (unpaired) electrons. The highest BCUT2D eigenvalue weighted by molar-refractivity contribution is 6.46. The second-order valence-corrected chi connectivity index (χ2v) is 7.44. The molecule has 1 amide bonds. The fourth-order valence-corrected chi connectivity index (χ4v) is 3.95. The van der Waals surface area contributed by atoms with Gasteiger partial charge in [-0.3, -0.25) is 9.59 Å². The van der Waals surface area contributed by atoms with Crippen LogP contribution >= 0.6 is 11.6 Å². The molecule has 2 fully saturated rings. The van der Waals surface area contributed by atoms with Crippen molar-refractivity contribution in [1.29, 1.82) is 0 Å². The van der Waals surface area contributed by atoms with Gasteiger partial charge in [0.05, 0.1) is 17.7 Å². The number of hydrogen-bond acceptors (Lipinski definition) is 4. The molecule has 0 aromatic heterocycles. The Labute approximate surface area is 168 Å². The largest absolute Gasteiger partial charge is 0.507 e. The van der Waals surface area contributed by atoms with Crippen LogP contribution in [0.4, 0.5) is 0 Å². The third-order valence-electron chi connectivity index (χ3n) is 5.20. The summed E-state index contributed by atoms with van der Waals surface area (Å²) in [6.07, 6.45) is 1.67. The number of amides is 1. The van der Waals surface area contributed by atoms with Crippen molar-refractivity contribution in [2.45, 2.75) is 25.0 Å². The van der Waals surface area contributed by atoms with Crippen molar-refractivity contribution in [3.05, 3.63) is 76.3 Å². The zero-order valence-electron chi connectivity index (χ0n) is 15.2. The van der Waals surface area contributed by atoms with Gasteiger partial charge in [-0.1, -0.05) is 54.1 Å². The zero-order valence-corrected chi connectivity index (χ0v) is 15.9. The van der Waals surface area contributed by atoms with Crippen molar-refractivity contribution >= 4 is 29.1 Å². The van der Waals surface area contributed by atoms with Crippen molar-refractivity contribution in [2.75, 3.05) is 13.2 Å². The third-order valence-corrected chi connectivity index (χ3v) is 5.45. The number of Topliss-reactive ketones (excluding diaryl/α,β-unsaturated/α-hetero) is 1. The number of benzene rings is 2. The number of rotatable bonds is 4. The van der Waals surface area contributed by atoms with Gasteiger partial charge in [0, 0.05) is 23.7 Å². The predicted molar refractivity (Wildman–Crippen MR) is 106 cm³/mol. The molecule has 2 saturated heterocycles. The lowest BCUT2D eigenvalue weighted by Crippen LogP contribution is -2.36. The van der Waals surface area contributed by atoms with Crippen LogP contribution in [0.3, 0.4) is 0 Å². The Morgan fingerprint density at radius 2 is 1.82 bits per heavy atom. The number of ether oxygens (including phenoxy) is 1. The van der Waals surface area contributed by atoms with E-state index in [-0.39, 0.29) is 17.4 Å². The number of halogens is 1. The van der Waals surface area contributed by atoms with Crippen LogP contribution < -0.4 is 0 Å². The van der Waals surface area contributed by atoms with E-state index in [0.717, 1.165) is 18.4 Å². The van der Waals surface area contributed by atoms with E-state index in [1.807, 2.05) is 6.07 Å². The molecule has 1 N–H and O–H groups in total. The van der Waals surface area contributed by atoms with Crippen LogP contribution in [0.25, 0.3) is 5.76 Å². The van der Waals surface area contributed by atoms with Crippen molar-refractivity contribution in [3.63, 3.8) is 0 Å². The van der Waals surface area contributed by atoms with Crippen molar-refractivity contribution in [1.82, 2.24) is 4.90 Å². The monoisotopic (exact) mass is 397 g/mol. The lowest BCUT2D eigenvalue weighted by Gasteiger charge is -2.27. The van der Waals surface area contributed by atoms with Crippen LogP contribution in [0.5, 0.6) is 0 Å². The lowest BCUT2D eigenvalue weighted by molar-refractivity contribution is -0.140. The molecule has 2 aliphatic heterocycles. The summed E-state index contributed by atoms with van der Waals surface area (Å²) >= 11 is 6.02. The molecule has 5 nitrogen and oxygen atoms in total. The minimum Gasteiger partial charge on any atom is -0.507 e. The number of carbonyl (C=O) groups is 2. The van der Waals surface area contributed by atoms with Gasteiger partial charge in [-0.2, -0.15) is 0 Å². The molecule has 4 rings (SSSR count). The Hall–Kier alpha value is -2.63. The van der Waals surface area contributed by atoms with Crippen LogP contribution in [0, 0.1) is 0 Å². The van der Waals surface area contributed by atoms with Gasteiger partial charge in [0.2, 0.25) is 0 Å². The van der Waals surface area contributed by atoms with E-state index in [2.05, 4.69) is 0 Å². The van der Waals surface area contributed by atoms with Crippen molar-refractivity contribution < 1.29 is 19.4 Å². The maximum atomic E-state index is 12.9. The van der Waals surface area contributed by atoms with Crippen LogP contribution in [-0.4, -0.2) is 41.0 Å². The average molecular weight is 398 g/mol. The normalized spacial score (nSPS) is 24.1. The van der Waals surface area contributed by atoms with Crippen LogP contribution in [-0.2, 0) is 14.3 Å². The lowest BCUT2D eigenvalue weighted by atomic mass is 9.95. The van der Waals surface area contributed by atoms with Crippen molar-refractivity contribution in [2.24, 2.45) is 0 Å². The van der Waals surface area contributed by atoms with Gasteiger partial charge >= 0.3 is 0 Å². The summed E-state index contributed by atoms with van der Waals surface area (Å²) in [6.45, 7) is 0.966. The topological polar surface area (TPSA) is 66.8 Å². The van der Waals surface area contributed by atoms with Gasteiger partial charge in [0.15, 0.2) is 0 Å². The summed E-state index contributed by atoms with van der Waals surface area (Å²) < 4.78 is 5.68. The number of aliphatic hydroxyl groups excluding tert-OH is 1. The second-order valence-electron chi connectivity index (χ2n) is 7.00. The van der Waals surface area contributed by atoms with Gasteiger partial charge in [0.1, 0.15) is 5.76 Å². The molecule has 2 atom stereocenters. The Morgan fingerprint density at radius 3 is 2.46 bits per heavy atom. The van der Waals surface area contributed by atoms with Gasteiger partial charge in [-0.25, -0.2) is 0 Å². The second kappa shape index (κ2) is 7.78. The molecule has 2 aromatic rings. The first-order valence-electron chi connectivity index (χ1n) is 9.27. The minimum absolute atomic E-state index is 0.0940. The highest BCUT2D eigenvalue weighted by atomic mass is 35.5. The molecule has 6 heteroatoms. The highest BCUT2D eigenvalue weighted by Gasteiger charge is 2.46. The number of hydrogen-bond donors (Lipinski definition) is 1. The minimum atomic E-state index is -0.681. The molecule has 2 aliphatic rings. The standard InChI is InChI=1S/C22H20ClNO4/c23-16-10-8-14(9-11-16)19-18(20(25)15-5-2-1-3-6-15)21(26)22(27)24(19)13-17-7-4-12-28-17/h1-3,5-6,8-11,17,19,25H,4,7,12-13H2/b20-18+. The van der Waals surface area contributed by atoms with Crippen LogP contribution in [0.2, 0.25) is 5.02 Å². The fraction of sp³-hybridized carbons (Fsp3) is 0.273. The maximum absolute atomic E-state index is 12.9. The summed E-state index contributed by atoms with van der Waals surface area (Å²) in [5, 5.41) is 11.5. The summed E-state index contributed by atoms with van der Waals surface area (Å²) in [5.74, 6) is -1.47. The quantitative estimate of drug-likeness (QED) is 0.482. The van der Waals surface area contributed by atoms with E-state index in [1.54, 1.807) is 48.5 Å². The molecule has 0 bridgehead atoms. The molecule has 2 aromatic carbocycles. The first kappa shape index (κ1) is 18.7. The average Bonchev–Trinajstić information content (AvgIpc) is 3.31. The Morgan fingerprint density at radius 1 is 1.11 bits per heavy atom. The number of carbonyl (C=O) groups excluding carboxylic acids is 2. The SMILES string of the molecule is O=C1C(=O)N(CC2CCCO2)C(c2ccc(Cl)cc2)/C1=C(\O)c1ccccc1. The summed E-state index contributed by atoms with van der Waals surface area (Å²) in [6, 6.07) is 15.1.